The summed E-state index contributed by atoms with van der Waals surface area (Å²) in [5.74, 6) is -2.04. The van der Waals surface area contributed by atoms with Crippen LogP contribution >= 0.6 is 0 Å². The molecule has 4 rings (SSSR count). The smallest absolute Gasteiger partial charge is 0.368 e. The Morgan fingerprint density at radius 1 is 0.944 bits per heavy atom. The first-order valence-corrected chi connectivity index (χ1v) is 10.0. The summed E-state index contributed by atoms with van der Waals surface area (Å²) in [7, 11) is 2.79. The van der Waals surface area contributed by atoms with Gasteiger partial charge >= 0.3 is 17.1 Å². The molecule has 0 atom stereocenters. The molecular formula is C19H19F2N9O6. The highest BCUT2D eigenvalue weighted by Gasteiger charge is 2.21. The maximum absolute atomic E-state index is 13.2. The van der Waals surface area contributed by atoms with Crippen molar-refractivity contribution in [2.45, 2.75) is 20.0 Å². The molecular weight excluding hydrogens is 488 g/mol. The van der Waals surface area contributed by atoms with E-state index < -0.39 is 39.4 Å². The molecule has 0 bridgehead atoms. The standard InChI is InChI=1S/C11H13FN4O2.C8H6FN5O4/c1-7(2)18-10-6-8(12)4-5-9(10)16-11(17)15(3)13-14-16;1-12-8(16)13(11-10-12)6-3-5(14(17)18)4(9)2-7(6)15/h4-7H,1-3H3;2-3,15H,1H3. The van der Waals surface area contributed by atoms with Gasteiger partial charge in [0.25, 0.3) is 0 Å². The van der Waals surface area contributed by atoms with E-state index in [9.17, 15) is 33.6 Å². The average molecular weight is 507 g/mol. The van der Waals surface area contributed by atoms with E-state index in [1.54, 1.807) is 0 Å². The molecule has 0 saturated carbocycles. The molecule has 4 aromatic rings. The van der Waals surface area contributed by atoms with Gasteiger partial charge in [-0.3, -0.25) is 10.1 Å². The van der Waals surface area contributed by atoms with E-state index >= 15 is 0 Å². The molecule has 0 amide bonds. The number of hydrogen-bond acceptors (Lipinski definition) is 10. The number of ether oxygens (including phenoxy) is 1. The number of nitro groups is 1. The van der Waals surface area contributed by atoms with Gasteiger partial charge < -0.3 is 9.84 Å². The molecule has 190 valence electrons. The Morgan fingerprint density at radius 3 is 1.97 bits per heavy atom. The molecule has 0 fully saturated rings. The van der Waals surface area contributed by atoms with Crippen LogP contribution in [0.15, 0.2) is 39.9 Å². The Kier molecular flexibility index (Phi) is 7.21. The maximum atomic E-state index is 13.2. The van der Waals surface area contributed by atoms with E-state index in [-0.39, 0.29) is 17.5 Å². The van der Waals surface area contributed by atoms with Crippen LogP contribution in [0, 0.1) is 21.7 Å². The molecule has 1 N–H and O–H groups in total. The Morgan fingerprint density at radius 2 is 1.50 bits per heavy atom. The van der Waals surface area contributed by atoms with Crippen molar-refractivity contribution in [2.75, 3.05) is 0 Å². The normalized spacial score (nSPS) is 10.8. The molecule has 0 aliphatic rings. The number of nitro benzene ring substituents is 1. The second-order valence-electron chi connectivity index (χ2n) is 7.42. The van der Waals surface area contributed by atoms with Gasteiger partial charge in [-0.05, 0) is 46.8 Å². The number of benzene rings is 2. The SMILES string of the molecule is CC(C)Oc1cc(F)ccc1-n1nnn(C)c1=O.Cn1nnn(-c2cc([N+](=O)[O-])c(F)cc2O)c1=O. The number of aromatic nitrogens is 8. The predicted molar refractivity (Wildman–Crippen MR) is 117 cm³/mol. The lowest BCUT2D eigenvalue weighted by molar-refractivity contribution is -0.387. The second kappa shape index (κ2) is 10.1. The molecule has 2 aromatic carbocycles. The van der Waals surface area contributed by atoms with Crippen LogP contribution < -0.4 is 16.1 Å². The number of hydrogen-bond donors (Lipinski definition) is 1. The fourth-order valence-electron chi connectivity index (χ4n) is 2.79. The van der Waals surface area contributed by atoms with Crippen molar-refractivity contribution in [1.29, 1.82) is 0 Å². The number of aromatic hydroxyl groups is 1. The highest BCUT2D eigenvalue weighted by atomic mass is 19.1. The average Bonchev–Trinajstić information content (AvgIpc) is 3.30. The number of phenols is 1. The number of rotatable bonds is 5. The number of phenolic OH excluding ortho intramolecular Hbond substituents is 1. The summed E-state index contributed by atoms with van der Waals surface area (Å²) >= 11 is 0. The fourth-order valence-corrected chi connectivity index (χ4v) is 2.79. The Labute approximate surface area is 199 Å². The van der Waals surface area contributed by atoms with E-state index in [0.717, 1.165) is 14.0 Å². The van der Waals surface area contributed by atoms with Crippen LogP contribution in [0.25, 0.3) is 11.4 Å². The van der Waals surface area contributed by atoms with Crippen molar-refractivity contribution in [3.63, 3.8) is 0 Å². The van der Waals surface area contributed by atoms with Crippen molar-refractivity contribution >= 4 is 5.69 Å². The van der Waals surface area contributed by atoms with Crippen LogP contribution in [0.4, 0.5) is 14.5 Å². The Hall–Kier alpha value is -4.96. The molecule has 15 nitrogen and oxygen atoms in total. The van der Waals surface area contributed by atoms with E-state index in [2.05, 4.69) is 20.9 Å². The molecule has 0 aliphatic carbocycles. The summed E-state index contributed by atoms with van der Waals surface area (Å²) in [6.45, 7) is 3.63. The molecule has 2 heterocycles. The minimum atomic E-state index is -1.21. The summed E-state index contributed by atoms with van der Waals surface area (Å²) in [5.41, 5.74) is -1.98. The molecule has 2 aromatic heterocycles. The van der Waals surface area contributed by atoms with Gasteiger partial charge in [-0.15, -0.1) is 0 Å². The van der Waals surface area contributed by atoms with Gasteiger partial charge in [0.15, 0.2) is 0 Å². The first-order chi connectivity index (χ1) is 16.9. The van der Waals surface area contributed by atoms with Crippen molar-refractivity contribution < 1.29 is 23.5 Å². The van der Waals surface area contributed by atoms with Crippen LogP contribution in [-0.4, -0.2) is 55.7 Å². The van der Waals surface area contributed by atoms with Crippen molar-refractivity contribution in [2.24, 2.45) is 14.1 Å². The minimum Gasteiger partial charge on any atom is -0.506 e. The van der Waals surface area contributed by atoms with E-state index in [1.165, 1.54) is 32.3 Å². The van der Waals surface area contributed by atoms with Crippen LogP contribution in [-0.2, 0) is 14.1 Å². The van der Waals surface area contributed by atoms with Crippen LogP contribution in [0.3, 0.4) is 0 Å². The van der Waals surface area contributed by atoms with E-state index in [4.69, 9.17) is 4.74 Å². The minimum absolute atomic E-state index is 0.141. The molecule has 0 spiro atoms. The number of nitrogens with zero attached hydrogens (tertiary/aromatic N) is 9. The lowest BCUT2D eigenvalue weighted by Gasteiger charge is -2.13. The second-order valence-corrected chi connectivity index (χ2v) is 7.42. The van der Waals surface area contributed by atoms with Gasteiger partial charge in [-0.2, -0.15) is 23.1 Å². The van der Waals surface area contributed by atoms with Gasteiger partial charge in [0.05, 0.1) is 11.0 Å². The fraction of sp³-hybridized carbons (Fsp3) is 0.263. The maximum Gasteiger partial charge on any atom is 0.368 e. The number of aryl methyl sites for hydroxylation is 2. The monoisotopic (exact) mass is 507 g/mol. The van der Waals surface area contributed by atoms with E-state index in [1.807, 2.05) is 13.8 Å². The Bertz CT molecular complexity index is 1540. The van der Waals surface area contributed by atoms with Crippen LogP contribution in [0.1, 0.15) is 13.8 Å². The summed E-state index contributed by atoms with van der Waals surface area (Å²) in [6, 6.07) is 5.14. The molecule has 17 heteroatoms. The van der Waals surface area contributed by atoms with Crippen LogP contribution in [0.5, 0.6) is 11.5 Å². The highest BCUT2D eigenvalue weighted by Crippen LogP contribution is 2.28. The van der Waals surface area contributed by atoms with Gasteiger partial charge in [-0.25, -0.2) is 14.0 Å². The van der Waals surface area contributed by atoms with Gasteiger partial charge in [0.1, 0.15) is 28.7 Å². The zero-order valence-electron chi connectivity index (χ0n) is 19.2. The lowest BCUT2D eigenvalue weighted by Crippen LogP contribution is -2.23. The summed E-state index contributed by atoms with van der Waals surface area (Å²) in [5, 5.41) is 34.1. The first kappa shape index (κ1) is 25.7. The molecule has 0 radical (unpaired) electrons. The molecule has 0 aliphatic heterocycles. The third kappa shape index (κ3) is 5.24. The third-order valence-electron chi connectivity index (χ3n) is 4.42. The Balaban J connectivity index is 0.000000201. The summed E-state index contributed by atoms with van der Waals surface area (Å²) in [4.78, 5) is 32.8. The zero-order chi connectivity index (χ0) is 26.7. The summed E-state index contributed by atoms with van der Waals surface area (Å²) < 4.78 is 35.5. The number of halogens is 2. The predicted octanol–water partition coefficient (Wildman–Crippen LogP) is 0.611. The topological polar surface area (TPSA) is 178 Å². The van der Waals surface area contributed by atoms with Crippen LogP contribution in [0.2, 0.25) is 0 Å². The van der Waals surface area contributed by atoms with Gasteiger partial charge in [0.2, 0.25) is 5.82 Å². The van der Waals surface area contributed by atoms with Crippen molar-refractivity contribution in [1.82, 2.24) is 39.6 Å². The van der Waals surface area contributed by atoms with Gasteiger partial charge in [0, 0.05) is 32.3 Å². The molecule has 36 heavy (non-hydrogen) atoms. The van der Waals surface area contributed by atoms with E-state index in [0.29, 0.717) is 22.5 Å². The highest BCUT2D eigenvalue weighted by molar-refractivity contribution is 5.53. The zero-order valence-corrected chi connectivity index (χ0v) is 19.2. The van der Waals surface area contributed by atoms with Gasteiger partial charge in [-0.1, -0.05) is 0 Å². The third-order valence-corrected chi connectivity index (χ3v) is 4.42. The lowest BCUT2D eigenvalue weighted by atomic mass is 10.2. The summed E-state index contributed by atoms with van der Waals surface area (Å²) in [6.07, 6.45) is -0.141. The van der Waals surface area contributed by atoms with Crippen molar-refractivity contribution in [3.8, 4) is 22.9 Å². The van der Waals surface area contributed by atoms with Crippen molar-refractivity contribution in [3.05, 3.63) is 73.0 Å². The largest absolute Gasteiger partial charge is 0.506 e. The molecule has 0 unspecified atom stereocenters. The number of tetrazole rings is 2. The quantitative estimate of drug-likeness (QED) is 0.297. The molecule has 0 saturated heterocycles. The first-order valence-electron chi connectivity index (χ1n) is 10.0.